The molecule has 0 aliphatic carbocycles. The summed E-state index contributed by atoms with van der Waals surface area (Å²) in [6, 6.07) is 5.87. The summed E-state index contributed by atoms with van der Waals surface area (Å²) in [4.78, 5) is 12.1. The average Bonchev–Trinajstić information content (AvgIpc) is 2.85. The summed E-state index contributed by atoms with van der Waals surface area (Å²) in [5.74, 6) is 0.242. The number of ether oxygens (including phenoxy) is 1. The predicted molar refractivity (Wildman–Crippen MR) is 76.0 cm³/mol. The molecule has 1 heterocycles. The molecule has 1 fully saturated rings. The fourth-order valence-electron chi connectivity index (χ4n) is 2.39. The predicted octanol–water partition coefficient (Wildman–Crippen LogP) is 4.29. The van der Waals surface area contributed by atoms with Crippen LogP contribution < -0.4 is 0 Å². The molecular formula is C15H19BrO2. The maximum Gasteiger partial charge on any atom is 0.163 e. The first-order valence-electron chi connectivity index (χ1n) is 6.58. The van der Waals surface area contributed by atoms with Crippen LogP contribution in [-0.2, 0) is 4.74 Å². The van der Waals surface area contributed by atoms with Crippen LogP contribution in [0, 0.1) is 6.92 Å². The van der Waals surface area contributed by atoms with Crippen molar-refractivity contribution >= 4 is 21.7 Å². The number of benzene rings is 1. The van der Waals surface area contributed by atoms with Crippen LogP contribution in [0.5, 0.6) is 0 Å². The average molecular weight is 311 g/mol. The molecule has 1 aromatic carbocycles. The molecule has 0 bridgehead atoms. The monoisotopic (exact) mass is 310 g/mol. The number of aryl methyl sites for hydroxylation is 1. The second-order valence-corrected chi connectivity index (χ2v) is 5.83. The van der Waals surface area contributed by atoms with Crippen LogP contribution in [0.15, 0.2) is 22.7 Å². The second-order valence-electron chi connectivity index (χ2n) is 4.91. The van der Waals surface area contributed by atoms with Crippen molar-refractivity contribution < 1.29 is 9.53 Å². The van der Waals surface area contributed by atoms with E-state index >= 15 is 0 Å². The molecule has 1 aliphatic rings. The summed E-state index contributed by atoms with van der Waals surface area (Å²) in [7, 11) is 0. The van der Waals surface area contributed by atoms with Gasteiger partial charge in [0.2, 0.25) is 0 Å². The van der Waals surface area contributed by atoms with Gasteiger partial charge < -0.3 is 4.74 Å². The van der Waals surface area contributed by atoms with Crippen molar-refractivity contribution in [1.82, 2.24) is 0 Å². The molecule has 1 aliphatic heterocycles. The molecule has 2 nitrogen and oxygen atoms in total. The summed E-state index contributed by atoms with van der Waals surface area (Å²) in [5, 5.41) is 0. The first-order valence-corrected chi connectivity index (χ1v) is 7.37. The van der Waals surface area contributed by atoms with E-state index in [0.717, 1.165) is 41.5 Å². The lowest BCUT2D eigenvalue weighted by molar-refractivity contribution is 0.0922. The van der Waals surface area contributed by atoms with Gasteiger partial charge in [-0.05, 0) is 50.3 Å². The number of rotatable bonds is 5. The van der Waals surface area contributed by atoms with Crippen LogP contribution in [0.2, 0.25) is 0 Å². The van der Waals surface area contributed by atoms with Crippen molar-refractivity contribution in [3.8, 4) is 0 Å². The van der Waals surface area contributed by atoms with E-state index in [1.165, 1.54) is 6.42 Å². The highest BCUT2D eigenvalue weighted by Gasteiger charge is 2.16. The quantitative estimate of drug-likeness (QED) is 0.758. The molecule has 1 unspecified atom stereocenters. The van der Waals surface area contributed by atoms with Gasteiger partial charge >= 0.3 is 0 Å². The smallest absolute Gasteiger partial charge is 0.163 e. The number of Topliss-reactive ketones (excluding diaryl/α,β-unsaturated/α-hetero) is 1. The molecule has 1 saturated heterocycles. The molecule has 18 heavy (non-hydrogen) atoms. The summed E-state index contributed by atoms with van der Waals surface area (Å²) in [6.45, 7) is 2.88. The summed E-state index contributed by atoms with van der Waals surface area (Å²) >= 11 is 3.41. The van der Waals surface area contributed by atoms with Crippen molar-refractivity contribution in [1.29, 1.82) is 0 Å². The van der Waals surface area contributed by atoms with E-state index in [9.17, 15) is 4.79 Å². The minimum atomic E-state index is 0.242. The lowest BCUT2D eigenvalue weighted by Gasteiger charge is -2.09. The van der Waals surface area contributed by atoms with Gasteiger partial charge in [0.1, 0.15) is 0 Å². The van der Waals surface area contributed by atoms with Crippen LogP contribution in [0.1, 0.15) is 48.0 Å². The molecule has 0 aromatic heterocycles. The third-order valence-corrected chi connectivity index (χ3v) is 3.95. The lowest BCUT2D eigenvalue weighted by atomic mass is 9.99. The van der Waals surface area contributed by atoms with Gasteiger partial charge in [0, 0.05) is 23.1 Å². The van der Waals surface area contributed by atoms with Gasteiger partial charge in [-0.2, -0.15) is 0 Å². The van der Waals surface area contributed by atoms with Gasteiger partial charge in [-0.3, -0.25) is 4.79 Å². The highest BCUT2D eigenvalue weighted by atomic mass is 79.9. The molecule has 0 saturated carbocycles. The summed E-state index contributed by atoms with van der Waals surface area (Å²) in [6.07, 6.45) is 5.28. The Kier molecular flexibility index (Phi) is 4.95. The summed E-state index contributed by atoms with van der Waals surface area (Å²) < 4.78 is 6.53. The zero-order valence-electron chi connectivity index (χ0n) is 10.7. The third kappa shape index (κ3) is 3.66. The maximum absolute atomic E-state index is 12.1. The zero-order chi connectivity index (χ0) is 13.0. The van der Waals surface area contributed by atoms with Crippen LogP contribution in [0.4, 0.5) is 0 Å². The Morgan fingerprint density at radius 1 is 1.50 bits per heavy atom. The molecular weight excluding hydrogens is 292 g/mol. The fraction of sp³-hybridized carbons (Fsp3) is 0.533. The van der Waals surface area contributed by atoms with Crippen molar-refractivity contribution in [2.75, 3.05) is 6.61 Å². The summed E-state index contributed by atoms with van der Waals surface area (Å²) in [5.41, 5.74) is 1.90. The minimum absolute atomic E-state index is 0.242. The van der Waals surface area contributed by atoms with Crippen LogP contribution in [0.25, 0.3) is 0 Å². The van der Waals surface area contributed by atoms with E-state index < -0.39 is 0 Å². The normalized spacial score (nSPS) is 19.1. The first-order chi connectivity index (χ1) is 8.66. The second kappa shape index (κ2) is 6.48. The SMILES string of the molecule is Cc1ccc(Br)cc1C(=O)CCCC1CCCO1. The van der Waals surface area contributed by atoms with Gasteiger partial charge in [0.15, 0.2) is 5.78 Å². The van der Waals surface area contributed by atoms with Gasteiger partial charge in [-0.1, -0.05) is 22.0 Å². The third-order valence-electron chi connectivity index (χ3n) is 3.45. The molecule has 0 radical (unpaired) electrons. The van der Waals surface area contributed by atoms with Crippen molar-refractivity contribution in [3.63, 3.8) is 0 Å². The minimum Gasteiger partial charge on any atom is -0.378 e. The molecule has 0 amide bonds. The van der Waals surface area contributed by atoms with E-state index in [1.807, 2.05) is 25.1 Å². The molecule has 1 aromatic rings. The van der Waals surface area contributed by atoms with Gasteiger partial charge in [-0.25, -0.2) is 0 Å². The topological polar surface area (TPSA) is 26.3 Å². The number of ketones is 1. The molecule has 1 atom stereocenters. The maximum atomic E-state index is 12.1. The van der Waals surface area contributed by atoms with E-state index in [1.54, 1.807) is 0 Å². The Hall–Kier alpha value is -0.670. The Morgan fingerprint density at radius 3 is 3.06 bits per heavy atom. The highest BCUT2D eigenvalue weighted by molar-refractivity contribution is 9.10. The number of carbonyl (C=O) groups is 1. The van der Waals surface area contributed by atoms with E-state index in [0.29, 0.717) is 12.5 Å². The number of carbonyl (C=O) groups excluding carboxylic acids is 1. The molecule has 2 rings (SSSR count). The van der Waals surface area contributed by atoms with Gasteiger partial charge in [0.05, 0.1) is 6.10 Å². The van der Waals surface area contributed by atoms with E-state index in [-0.39, 0.29) is 5.78 Å². The number of halogens is 1. The van der Waals surface area contributed by atoms with Crippen LogP contribution in [0.3, 0.4) is 0 Å². The zero-order valence-corrected chi connectivity index (χ0v) is 12.3. The Labute approximate surface area is 117 Å². The van der Waals surface area contributed by atoms with Crippen molar-refractivity contribution in [3.05, 3.63) is 33.8 Å². The molecule has 0 N–H and O–H groups in total. The largest absolute Gasteiger partial charge is 0.378 e. The Bertz CT molecular complexity index is 423. The van der Waals surface area contributed by atoms with Crippen LogP contribution in [-0.4, -0.2) is 18.5 Å². The fourth-order valence-corrected chi connectivity index (χ4v) is 2.75. The first kappa shape index (κ1) is 13.8. The van der Waals surface area contributed by atoms with Gasteiger partial charge in [-0.15, -0.1) is 0 Å². The van der Waals surface area contributed by atoms with Crippen molar-refractivity contribution in [2.45, 2.75) is 45.1 Å². The highest BCUT2D eigenvalue weighted by Crippen LogP contribution is 2.21. The Morgan fingerprint density at radius 2 is 2.33 bits per heavy atom. The van der Waals surface area contributed by atoms with E-state index in [2.05, 4.69) is 15.9 Å². The van der Waals surface area contributed by atoms with Crippen LogP contribution >= 0.6 is 15.9 Å². The number of hydrogen-bond donors (Lipinski definition) is 0. The molecule has 98 valence electrons. The standard InChI is InChI=1S/C15H19BrO2/c1-11-7-8-12(16)10-14(11)15(17)6-2-4-13-5-3-9-18-13/h7-8,10,13H,2-6,9H2,1H3. The Balaban J connectivity index is 1.85. The van der Waals surface area contributed by atoms with Crippen molar-refractivity contribution in [2.24, 2.45) is 0 Å². The lowest BCUT2D eigenvalue weighted by Crippen LogP contribution is -2.07. The van der Waals surface area contributed by atoms with E-state index in [4.69, 9.17) is 4.74 Å². The van der Waals surface area contributed by atoms with Gasteiger partial charge in [0.25, 0.3) is 0 Å². The molecule has 3 heteroatoms. The molecule has 0 spiro atoms. The number of hydrogen-bond acceptors (Lipinski definition) is 2.